The van der Waals surface area contributed by atoms with Crippen LogP contribution in [0, 0.1) is 0 Å². The van der Waals surface area contributed by atoms with Gasteiger partial charge in [-0.2, -0.15) is 13.2 Å². The van der Waals surface area contributed by atoms with Crippen molar-refractivity contribution in [2.24, 2.45) is 5.84 Å². The average molecular weight is 235 g/mol. The molecule has 1 amide bonds. The molecule has 0 atom stereocenters. The van der Waals surface area contributed by atoms with Crippen LogP contribution in [0.3, 0.4) is 0 Å². The molecular weight excluding hydrogens is 227 g/mol. The Bertz CT molecular complexity index is 381. The fourth-order valence-corrected chi connectivity index (χ4v) is 0.897. The molecule has 1 rings (SSSR count). The largest absolute Gasteiger partial charge is 0.467 e. The molecule has 0 fully saturated rings. The Hall–Kier alpha value is -1.83. The number of carbonyl (C=O) groups is 1. The van der Waals surface area contributed by atoms with E-state index < -0.39 is 30.1 Å². The van der Waals surface area contributed by atoms with Gasteiger partial charge in [-0.15, -0.1) is 0 Å². The number of nitrogens with two attached hydrogens (primary N) is 1. The summed E-state index contributed by atoms with van der Waals surface area (Å²) in [5.74, 6) is 3.33. The minimum Gasteiger partial charge on any atom is -0.467 e. The van der Waals surface area contributed by atoms with Gasteiger partial charge in [0.05, 0.1) is 0 Å². The second-order valence-electron chi connectivity index (χ2n) is 2.71. The van der Waals surface area contributed by atoms with Gasteiger partial charge in [-0.3, -0.25) is 10.2 Å². The quantitative estimate of drug-likeness (QED) is 0.453. The number of rotatable bonds is 3. The molecule has 1 heterocycles. The number of hydrogen-bond donors (Lipinski definition) is 2. The molecular formula is C8H8F3N3O2. The van der Waals surface area contributed by atoms with Crippen LogP contribution in [0.4, 0.5) is 13.2 Å². The molecule has 16 heavy (non-hydrogen) atoms. The van der Waals surface area contributed by atoms with Crippen molar-refractivity contribution in [3.63, 3.8) is 0 Å². The highest BCUT2D eigenvalue weighted by Crippen LogP contribution is 2.34. The molecule has 1 aromatic rings. The highest BCUT2D eigenvalue weighted by atomic mass is 19.4. The molecule has 5 nitrogen and oxygen atoms in total. The van der Waals surface area contributed by atoms with Gasteiger partial charge in [-0.25, -0.2) is 10.8 Å². The Morgan fingerprint density at radius 2 is 2.25 bits per heavy atom. The first kappa shape index (κ1) is 12.2. The van der Waals surface area contributed by atoms with E-state index in [1.165, 1.54) is 0 Å². The summed E-state index contributed by atoms with van der Waals surface area (Å²) in [6.45, 7) is -0.628. The predicted molar refractivity (Wildman–Crippen MR) is 47.1 cm³/mol. The lowest BCUT2D eigenvalue weighted by Gasteiger charge is -2.11. The Kier molecular flexibility index (Phi) is 3.67. The smallest absolute Gasteiger partial charge is 0.421 e. The molecule has 0 saturated carbocycles. The Balaban J connectivity index is 2.84. The van der Waals surface area contributed by atoms with E-state index >= 15 is 0 Å². The van der Waals surface area contributed by atoms with Crippen molar-refractivity contribution in [3.8, 4) is 5.88 Å². The van der Waals surface area contributed by atoms with Gasteiger partial charge in [0.15, 0.2) is 6.61 Å². The summed E-state index contributed by atoms with van der Waals surface area (Å²) >= 11 is 0. The van der Waals surface area contributed by atoms with Crippen LogP contribution in [0.25, 0.3) is 0 Å². The summed E-state index contributed by atoms with van der Waals surface area (Å²) in [5.41, 5.74) is 0.679. The lowest BCUT2D eigenvalue weighted by atomic mass is 10.2. The molecule has 3 N–H and O–H groups in total. The maximum atomic E-state index is 12.4. The first-order valence-electron chi connectivity index (χ1n) is 4.09. The van der Waals surface area contributed by atoms with E-state index in [2.05, 4.69) is 9.72 Å². The molecule has 0 aromatic carbocycles. The van der Waals surface area contributed by atoms with Gasteiger partial charge in [-0.05, 0) is 12.1 Å². The van der Waals surface area contributed by atoms with Crippen molar-refractivity contribution >= 4 is 5.91 Å². The fourth-order valence-electron chi connectivity index (χ4n) is 0.897. The molecule has 0 aliphatic heterocycles. The van der Waals surface area contributed by atoms with E-state index in [4.69, 9.17) is 5.84 Å². The maximum Gasteiger partial charge on any atom is 0.421 e. The van der Waals surface area contributed by atoms with E-state index in [0.717, 1.165) is 18.3 Å². The van der Waals surface area contributed by atoms with Crippen molar-refractivity contribution in [1.29, 1.82) is 0 Å². The van der Waals surface area contributed by atoms with Crippen molar-refractivity contribution in [3.05, 3.63) is 23.9 Å². The van der Waals surface area contributed by atoms with Crippen molar-refractivity contribution in [1.82, 2.24) is 10.4 Å². The summed E-state index contributed by atoms with van der Waals surface area (Å²) in [6, 6.07) is 1.93. The third-order valence-electron chi connectivity index (χ3n) is 1.58. The van der Waals surface area contributed by atoms with Gasteiger partial charge in [0.1, 0.15) is 5.56 Å². The molecule has 88 valence electrons. The van der Waals surface area contributed by atoms with Gasteiger partial charge < -0.3 is 4.74 Å². The molecule has 0 spiro atoms. The normalized spacial score (nSPS) is 11.0. The number of carbonyl (C=O) groups excluding carboxylic acids is 1. The zero-order valence-corrected chi connectivity index (χ0v) is 7.91. The Morgan fingerprint density at radius 1 is 1.56 bits per heavy atom. The molecule has 0 unspecified atom stereocenters. The number of halogens is 3. The van der Waals surface area contributed by atoms with Crippen molar-refractivity contribution in [2.75, 3.05) is 6.61 Å². The number of ether oxygens (including phenoxy) is 1. The summed E-state index contributed by atoms with van der Waals surface area (Å²) in [6.07, 6.45) is -3.45. The molecule has 0 saturated heterocycles. The van der Waals surface area contributed by atoms with Crippen LogP contribution in [0.1, 0.15) is 5.56 Å². The van der Waals surface area contributed by atoms with Crippen LogP contribution >= 0.6 is 0 Å². The van der Waals surface area contributed by atoms with Gasteiger partial charge in [0.25, 0.3) is 5.91 Å². The summed E-state index contributed by atoms with van der Waals surface area (Å²) in [5, 5.41) is 0. The van der Waals surface area contributed by atoms with Crippen LogP contribution in [0.15, 0.2) is 18.3 Å². The minimum atomic E-state index is -4.58. The number of nitrogens with one attached hydrogen (secondary N) is 1. The lowest BCUT2D eigenvalue weighted by molar-refractivity contribution is -0.140. The van der Waals surface area contributed by atoms with E-state index in [1.807, 2.05) is 0 Å². The average Bonchev–Trinajstić information content (AvgIpc) is 2.25. The molecule has 0 aliphatic carbocycles. The highest BCUT2D eigenvalue weighted by Gasteiger charge is 2.35. The second-order valence-corrected chi connectivity index (χ2v) is 2.71. The van der Waals surface area contributed by atoms with Crippen molar-refractivity contribution in [2.45, 2.75) is 6.18 Å². The molecule has 0 radical (unpaired) electrons. The third-order valence-corrected chi connectivity index (χ3v) is 1.58. The first-order chi connectivity index (χ1) is 7.45. The first-order valence-corrected chi connectivity index (χ1v) is 4.09. The predicted octanol–water partition coefficient (Wildman–Crippen LogP) is 0.469. The Morgan fingerprint density at radius 3 is 2.81 bits per heavy atom. The van der Waals surface area contributed by atoms with Crippen LogP contribution < -0.4 is 16.0 Å². The number of pyridine rings is 1. The number of nitrogens with zero attached hydrogens (tertiary/aromatic N) is 1. The molecule has 1 aromatic heterocycles. The van der Waals surface area contributed by atoms with Crippen LogP contribution in [-0.2, 0) is 11.0 Å². The van der Waals surface area contributed by atoms with E-state index in [0.29, 0.717) is 0 Å². The lowest BCUT2D eigenvalue weighted by Crippen LogP contribution is -2.34. The zero-order valence-electron chi connectivity index (χ0n) is 7.91. The second kappa shape index (κ2) is 4.79. The van der Waals surface area contributed by atoms with E-state index in [1.54, 1.807) is 5.43 Å². The van der Waals surface area contributed by atoms with Crippen LogP contribution in [0.2, 0.25) is 0 Å². The van der Waals surface area contributed by atoms with Crippen LogP contribution in [-0.4, -0.2) is 17.5 Å². The van der Waals surface area contributed by atoms with Gasteiger partial charge in [0, 0.05) is 6.20 Å². The molecule has 8 heteroatoms. The zero-order chi connectivity index (χ0) is 12.2. The Labute approximate surface area is 88.4 Å². The third kappa shape index (κ3) is 3.09. The summed E-state index contributed by atoms with van der Waals surface area (Å²) in [7, 11) is 0. The number of hydrogen-bond acceptors (Lipinski definition) is 4. The SMILES string of the molecule is NNC(=O)COc1ncccc1C(F)(F)F. The summed E-state index contributed by atoms with van der Waals surface area (Å²) < 4.78 is 41.8. The monoisotopic (exact) mass is 235 g/mol. The van der Waals surface area contributed by atoms with E-state index in [-0.39, 0.29) is 0 Å². The molecule has 0 aliphatic rings. The minimum absolute atomic E-state index is 0.628. The number of alkyl halides is 3. The topological polar surface area (TPSA) is 77.2 Å². The van der Waals surface area contributed by atoms with Crippen LogP contribution in [0.5, 0.6) is 5.88 Å². The standard InChI is InChI=1S/C8H8F3N3O2/c9-8(10,11)5-2-1-3-13-7(5)16-4-6(15)14-12/h1-3H,4,12H2,(H,14,15). The van der Waals surface area contributed by atoms with Gasteiger partial charge in [-0.1, -0.05) is 0 Å². The van der Waals surface area contributed by atoms with Gasteiger partial charge >= 0.3 is 6.18 Å². The highest BCUT2D eigenvalue weighted by molar-refractivity contribution is 5.76. The van der Waals surface area contributed by atoms with Gasteiger partial charge in [0.2, 0.25) is 5.88 Å². The molecule has 0 bridgehead atoms. The number of aromatic nitrogens is 1. The number of amides is 1. The summed E-state index contributed by atoms with van der Waals surface area (Å²) in [4.78, 5) is 14.1. The van der Waals surface area contributed by atoms with Crippen molar-refractivity contribution < 1.29 is 22.7 Å². The van der Waals surface area contributed by atoms with E-state index in [9.17, 15) is 18.0 Å². The maximum absolute atomic E-state index is 12.4. The number of hydrazine groups is 1. The fraction of sp³-hybridized carbons (Fsp3) is 0.250.